The van der Waals surface area contributed by atoms with Gasteiger partial charge in [-0.3, -0.25) is 19.4 Å². The van der Waals surface area contributed by atoms with E-state index in [-0.39, 0.29) is 71.0 Å². The fraction of sp³-hybridized carbons (Fsp3) is 0.314. The molecule has 0 radical (unpaired) electrons. The molecule has 0 spiro atoms. The highest BCUT2D eigenvalue weighted by atomic mass is 35.5. The molecule has 0 fully saturated rings. The largest absolute Gasteiger partial charge is 0.455 e. The minimum absolute atomic E-state index is 0.0503. The van der Waals surface area contributed by atoms with Crippen molar-refractivity contribution in [1.29, 1.82) is 0 Å². The Morgan fingerprint density at radius 2 is 1.15 bits per heavy atom. The molecule has 6 heterocycles. The van der Waals surface area contributed by atoms with Crippen LogP contribution in [0.25, 0.3) is 0 Å². The first-order valence-electron chi connectivity index (χ1n) is 22.7. The number of ether oxygens (including phenoxy) is 3. The molecule has 20 heteroatoms. The van der Waals surface area contributed by atoms with E-state index in [2.05, 4.69) is 75.7 Å². The van der Waals surface area contributed by atoms with Gasteiger partial charge in [0.1, 0.15) is 16.7 Å². The zero-order chi connectivity index (χ0) is 50.6. The first-order chi connectivity index (χ1) is 33.7. The van der Waals surface area contributed by atoms with Crippen molar-refractivity contribution in [2.75, 3.05) is 47.0 Å². The Morgan fingerprint density at radius 3 is 1.63 bits per heavy atom. The van der Waals surface area contributed by atoms with E-state index in [1.807, 2.05) is 45.0 Å². The average Bonchev–Trinajstić information content (AvgIpc) is 3.29. The Bertz CT molecular complexity index is 3070. The summed E-state index contributed by atoms with van der Waals surface area (Å²) in [6.07, 6.45) is 2.52. The number of hydrogen-bond donors (Lipinski definition) is 3. The maximum atomic E-state index is 13.2. The van der Waals surface area contributed by atoms with Gasteiger partial charge in [0.05, 0.1) is 31.5 Å². The molecule has 0 aliphatic carbocycles. The number of carbonyl (C=O) groups is 3. The third-order valence-corrected chi connectivity index (χ3v) is 13.4. The van der Waals surface area contributed by atoms with Gasteiger partial charge in [0.25, 0.3) is 11.8 Å². The number of carbonyl (C=O) groups excluding carboxylic acids is 3. The summed E-state index contributed by atoms with van der Waals surface area (Å²) in [5, 5.41) is 11.2. The normalized spacial score (nSPS) is 16.5. The Labute approximate surface area is 430 Å². The van der Waals surface area contributed by atoms with E-state index in [1.165, 1.54) is 33.3 Å². The molecule has 4 aliphatic rings. The number of para-hydroxylation sites is 2. The molecule has 0 atom stereocenters. The van der Waals surface area contributed by atoms with Gasteiger partial charge in [-0.05, 0) is 91.6 Å². The van der Waals surface area contributed by atoms with Crippen LogP contribution in [-0.2, 0) is 28.7 Å². The van der Waals surface area contributed by atoms with Crippen molar-refractivity contribution >= 4 is 99.0 Å². The van der Waals surface area contributed by atoms with Gasteiger partial charge in [-0.15, -0.1) is 0 Å². The summed E-state index contributed by atoms with van der Waals surface area (Å²) in [5.41, 5.74) is 6.81. The molecule has 71 heavy (non-hydrogen) atoms. The second-order valence-electron chi connectivity index (χ2n) is 19.7. The van der Waals surface area contributed by atoms with E-state index in [4.69, 9.17) is 60.6 Å². The summed E-state index contributed by atoms with van der Waals surface area (Å²) in [4.78, 5) is 60.9. The summed E-state index contributed by atoms with van der Waals surface area (Å²) in [7, 11) is 0. The lowest BCUT2D eigenvalue weighted by atomic mass is 9.78. The minimum Gasteiger partial charge on any atom is -0.455 e. The summed E-state index contributed by atoms with van der Waals surface area (Å²) in [5.74, 6) is 0.305. The number of anilines is 6. The highest BCUT2D eigenvalue weighted by molar-refractivity contribution is 6.41. The number of hydrogen-bond acceptors (Lipinski definition) is 13. The maximum Gasteiger partial charge on any atom is 0.410 e. The van der Waals surface area contributed by atoms with Crippen LogP contribution in [0.1, 0.15) is 91.4 Å². The highest BCUT2D eigenvalue weighted by Crippen LogP contribution is 2.40. The molecule has 368 valence electrons. The molecule has 3 amide bonds. The van der Waals surface area contributed by atoms with Gasteiger partial charge in [0.2, 0.25) is 23.7 Å². The quantitative estimate of drug-likeness (QED) is 0.144. The topological polar surface area (TPSA) is 176 Å². The van der Waals surface area contributed by atoms with Crippen LogP contribution >= 0.6 is 46.4 Å². The molecule has 16 nitrogen and oxygen atoms in total. The van der Waals surface area contributed by atoms with Crippen molar-refractivity contribution in [2.24, 2.45) is 0 Å². The second kappa shape index (κ2) is 19.3. The molecule has 6 aromatic rings. The third kappa shape index (κ3) is 10.4. The highest BCUT2D eigenvalue weighted by Gasteiger charge is 2.37. The molecule has 10 rings (SSSR count). The number of nitrogens with one attached hydrogen (secondary N) is 3. The van der Waals surface area contributed by atoms with Gasteiger partial charge in [-0.25, -0.2) is 14.8 Å². The van der Waals surface area contributed by atoms with Crippen LogP contribution in [0.15, 0.2) is 85.2 Å². The predicted octanol–water partition coefficient (Wildman–Crippen LogP) is 11.5. The van der Waals surface area contributed by atoms with E-state index in [0.29, 0.717) is 50.5 Å². The average molecular weight is 1040 g/mol. The first kappa shape index (κ1) is 49.5. The number of amides is 3. The standard InChI is InChI=1S/C28H29Cl2N5O4.C23H21Cl2N5O2/c1-27(2,3)39-26(37)34-13-16-11-17(9-10-19(16)28(4,5)14-34)32-25-31-12-18-23(33-25)38-15-35(24(18)36)22-20(29)7-6-8-21(22)30;1-23(2)11-26-9-13-8-14(6-7-16(13)23)28-22-27-10-15-20(29-22)32-12-30(21(15)31)19-17(24)4-3-5-18(19)25/h6-12H,13-15H2,1-5H3,(H,31,32,33);3-8,10,26H,9,11-12H2,1-2H3,(H,27,28,29). The fourth-order valence-electron chi connectivity index (χ4n) is 8.93. The van der Waals surface area contributed by atoms with Crippen LogP contribution in [0.4, 0.5) is 39.4 Å². The van der Waals surface area contributed by atoms with E-state index in [1.54, 1.807) is 41.3 Å². The summed E-state index contributed by atoms with van der Waals surface area (Å²) in [6, 6.07) is 22.3. The molecule has 0 saturated heterocycles. The molecular weight excluding hydrogens is 990 g/mol. The Kier molecular flexibility index (Phi) is 13.5. The Balaban J connectivity index is 0.000000179. The number of nitrogens with zero attached hydrogens (tertiary/aromatic N) is 7. The van der Waals surface area contributed by atoms with Gasteiger partial charge in [0, 0.05) is 60.8 Å². The Hall–Kier alpha value is -6.43. The summed E-state index contributed by atoms with van der Waals surface area (Å²) >= 11 is 25.1. The Morgan fingerprint density at radius 1 is 0.690 bits per heavy atom. The number of aromatic nitrogens is 4. The second-order valence-corrected chi connectivity index (χ2v) is 21.3. The van der Waals surface area contributed by atoms with Crippen LogP contribution in [-0.4, -0.2) is 74.9 Å². The molecule has 0 unspecified atom stereocenters. The maximum absolute atomic E-state index is 13.2. The molecule has 3 N–H and O–H groups in total. The van der Waals surface area contributed by atoms with Crippen LogP contribution < -0.4 is 35.2 Å². The van der Waals surface area contributed by atoms with Crippen LogP contribution in [0.3, 0.4) is 0 Å². The van der Waals surface area contributed by atoms with E-state index >= 15 is 0 Å². The lowest BCUT2D eigenvalue weighted by Gasteiger charge is -2.40. The number of benzene rings is 4. The fourth-order valence-corrected chi connectivity index (χ4v) is 10.1. The summed E-state index contributed by atoms with van der Waals surface area (Å²) in [6.45, 7) is 16.8. The van der Waals surface area contributed by atoms with Crippen molar-refractivity contribution in [3.05, 3.63) is 139 Å². The number of fused-ring (bicyclic) bond motifs is 4. The number of halogens is 4. The van der Waals surface area contributed by atoms with Crippen molar-refractivity contribution in [3.8, 4) is 11.8 Å². The first-order valence-corrected chi connectivity index (χ1v) is 24.2. The lowest BCUT2D eigenvalue weighted by molar-refractivity contribution is 0.0174. The zero-order valence-corrected chi connectivity index (χ0v) is 42.9. The molecule has 2 aromatic heterocycles. The predicted molar refractivity (Wildman–Crippen MR) is 275 cm³/mol. The summed E-state index contributed by atoms with van der Waals surface area (Å²) < 4.78 is 17.2. The van der Waals surface area contributed by atoms with Gasteiger partial charge in [-0.1, -0.05) is 98.4 Å². The molecule has 0 bridgehead atoms. The van der Waals surface area contributed by atoms with Crippen LogP contribution in [0, 0.1) is 0 Å². The van der Waals surface area contributed by atoms with Crippen LogP contribution in [0.5, 0.6) is 11.8 Å². The number of rotatable bonds is 6. The molecule has 4 aromatic carbocycles. The smallest absolute Gasteiger partial charge is 0.410 e. The minimum atomic E-state index is -0.575. The van der Waals surface area contributed by atoms with Crippen molar-refractivity contribution in [2.45, 2.75) is 78.0 Å². The van der Waals surface area contributed by atoms with Crippen molar-refractivity contribution in [1.82, 2.24) is 30.2 Å². The monoisotopic (exact) mass is 1040 g/mol. The molecular formula is C51H50Cl4N10O6. The molecule has 4 aliphatic heterocycles. The molecule has 0 saturated carbocycles. The third-order valence-electron chi connectivity index (χ3n) is 12.2. The van der Waals surface area contributed by atoms with Crippen molar-refractivity contribution in [3.63, 3.8) is 0 Å². The van der Waals surface area contributed by atoms with Gasteiger partial charge in [0.15, 0.2) is 13.5 Å². The van der Waals surface area contributed by atoms with Crippen molar-refractivity contribution < 1.29 is 28.6 Å². The van der Waals surface area contributed by atoms with Gasteiger partial charge in [-0.2, -0.15) is 9.97 Å². The van der Waals surface area contributed by atoms with Crippen LogP contribution in [0.2, 0.25) is 20.1 Å². The van der Waals surface area contributed by atoms with E-state index in [9.17, 15) is 14.4 Å². The zero-order valence-electron chi connectivity index (χ0n) is 39.9. The lowest BCUT2D eigenvalue weighted by Crippen LogP contribution is -2.46. The van der Waals surface area contributed by atoms with E-state index < -0.39 is 5.60 Å². The van der Waals surface area contributed by atoms with Gasteiger partial charge < -0.3 is 35.1 Å². The SMILES string of the molecule is CC(C)(C)OC(=O)N1Cc2cc(Nc3ncc4c(n3)OCN(c3c(Cl)cccc3Cl)C4=O)ccc2C(C)(C)C1.CC1(C)CNCc2cc(Nc3ncc4c(n3)OCN(c3c(Cl)cccc3Cl)C4=O)ccc21. The van der Waals surface area contributed by atoms with E-state index in [0.717, 1.165) is 35.6 Å². The van der Waals surface area contributed by atoms with Gasteiger partial charge >= 0.3 is 6.09 Å².